The van der Waals surface area contributed by atoms with E-state index in [-0.39, 0.29) is 15.5 Å². The Hall–Kier alpha value is -1.93. The number of benzene rings is 2. The number of halogens is 1. The average molecular weight is 384 g/mol. The van der Waals surface area contributed by atoms with Crippen LogP contribution < -0.4 is 4.74 Å². The van der Waals surface area contributed by atoms with Crippen molar-refractivity contribution in [2.75, 3.05) is 14.2 Å². The number of carbonyl (C=O) groups is 1. The Kier molecular flexibility index (Phi) is 5.84. The number of hydrogen-bond acceptors (Lipinski definition) is 5. The summed E-state index contributed by atoms with van der Waals surface area (Å²) in [6.07, 6.45) is 0. The van der Waals surface area contributed by atoms with Crippen LogP contribution in [0.5, 0.6) is 5.75 Å². The standard InChI is InChI=1S/C17H18ClNO5S/c1-11-5-7-14(9-12(11)2)24-17(20)13-6-8-15(18)16(10-13)25(21,22)19(3)23-4/h5-10H,1-4H3. The smallest absolute Gasteiger partial charge is 0.343 e. The maximum atomic E-state index is 12.4. The van der Waals surface area contributed by atoms with Gasteiger partial charge in [-0.2, -0.15) is 0 Å². The van der Waals surface area contributed by atoms with E-state index < -0.39 is 16.0 Å². The molecule has 0 radical (unpaired) electrons. The first-order chi connectivity index (χ1) is 11.7. The van der Waals surface area contributed by atoms with Crippen LogP contribution in [0.3, 0.4) is 0 Å². The van der Waals surface area contributed by atoms with E-state index in [0.717, 1.165) is 17.2 Å². The molecule has 0 atom stereocenters. The van der Waals surface area contributed by atoms with Crippen LogP contribution in [-0.2, 0) is 14.9 Å². The molecule has 25 heavy (non-hydrogen) atoms. The number of hydroxylamine groups is 1. The van der Waals surface area contributed by atoms with Gasteiger partial charge in [0.15, 0.2) is 0 Å². The first kappa shape index (κ1) is 19.4. The molecule has 0 aliphatic carbocycles. The van der Waals surface area contributed by atoms with E-state index in [1.165, 1.54) is 26.3 Å². The van der Waals surface area contributed by atoms with Gasteiger partial charge in [0.1, 0.15) is 10.6 Å². The molecule has 8 heteroatoms. The summed E-state index contributed by atoms with van der Waals surface area (Å²) < 4.78 is 30.7. The van der Waals surface area contributed by atoms with E-state index in [9.17, 15) is 13.2 Å². The minimum atomic E-state index is -3.99. The molecule has 2 rings (SSSR count). The molecule has 0 bridgehead atoms. The Morgan fingerprint density at radius 3 is 2.36 bits per heavy atom. The summed E-state index contributed by atoms with van der Waals surface area (Å²) in [6.45, 7) is 3.85. The van der Waals surface area contributed by atoms with Gasteiger partial charge in [-0.25, -0.2) is 13.2 Å². The number of aryl methyl sites for hydroxylation is 2. The molecule has 2 aromatic rings. The van der Waals surface area contributed by atoms with Crippen molar-refractivity contribution in [3.05, 3.63) is 58.1 Å². The summed E-state index contributed by atoms with van der Waals surface area (Å²) in [4.78, 5) is 16.8. The van der Waals surface area contributed by atoms with Crippen molar-refractivity contribution in [2.24, 2.45) is 0 Å². The number of sulfonamides is 1. The summed E-state index contributed by atoms with van der Waals surface area (Å²) in [5.74, 6) is -0.307. The number of esters is 1. The van der Waals surface area contributed by atoms with Crippen molar-refractivity contribution in [1.82, 2.24) is 4.47 Å². The minimum absolute atomic E-state index is 0.0216. The Bertz CT molecular complexity index is 911. The van der Waals surface area contributed by atoms with Gasteiger partial charge in [0.05, 0.1) is 17.7 Å². The Morgan fingerprint density at radius 2 is 1.76 bits per heavy atom. The van der Waals surface area contributed by atoms with Crippen LogP contribution in [0, 0.1) is 13.8 Å². The molecule has 0 saturated heterocycles. The quantitative estimate of drug-likeness (QED) is 0.449. The van der Waals surface area contributed by atoms with E-state index in [2.05, 4.69) is 0 Å². The summed E-state index contributed by atoms with van der Waals surface area (Å²) in [7, 11) is -1.55. The molecule has 0 unspecified atom stereocenters. The zero-order valence-corrected chi connectivity index (χ0v) is 15.8. The molecule has 0 amide bonds. The van der Waals surface area contributed by atoms with Gasteiger partial charge in [0.25, 0.3) is 10.0 Å². The summed E-state index contributed by atoms with van der Waals surface area (Å²) in [6, 6.07) is 9.14. The largest absolute Gasteiger partial charge is 0.423 e. The van der Waals surface area contributed by atoms with E-state index >= 15 is 0 Å². The van der Waals surface area contributed by atoms with Gasteiger partial charge in [0, 0.05) is 7.05 Å². The van der Waals surface area contributed by atoms with Crippen LogP contribution in [0.2, 0.25) is 5.02 Å². The summed E-state index contributed by atoms with van der Waals surface area (Å²) >= 11 is 5.97. The molecule has 0 aliphatic heterocycles. The molecule has 2 aromatic carbocycles. The highest BCUT2D eigenvalue weighted by Crippen LogP contribution is 2.26. The molecule has 134 valence electrons. The van der Waals surface area contributed by atoms with Crippen molar-refractivity contribution in [1.29, 1.82) is 0 Å². The highest BCUT2D eigenvalue weighted by molar-refractivity contribution is 7.89. The first-order valence-corrected chi connectivity index (χ1v) is 9.10. The number of carbonyl (C=O) groups excluding carboxylic acids is 1. The second-order valence-electron chi connectivity index (χ2n) is 5.38. The highest BCUT2D eigenvalue weighted by Gasteiger charge is 2.25. The third-order valence-corrected chi connectivity index (χ3v) is 5.89. The lowest BCUT2D eigenvalue weighted by Gasteiger charge is -2.15. The van der Waals surface area contributed by atoms with Crippen molar-refractivity contribution >= 4 is 27.6 Å². The zero-order valence-electron chi connectivity index (χ0n) is 14.2. The van der Waals surface area contributed by atoms with Crippen molar-refractivity contribution in [2.45, 2.75) is 18.7 Å². The van der Waals surface area contributed by atoms with Crippen molar-refractivity contribution < 1.29 is 22.8 Å². The van der Waals surface area contributed by atoms with Gasteiger partial charge in [-0.05, 0) is 55.3 Å². The Labute approximate surface area is 151 Å². The van der Waals surface area contributed by atoms with E-state index in [1.54, 1.807) is 12.1 Å². The van der Waals surface area contributed by atoms with E-state index in [1.807, 2.05) is 19.9 Å². The third kappa shape index (κ3) is 4.19. The van der Waals surface area contributed by atoms with E-state index in [0.29, 0.717) is 10.2 Å². The lowest BCUT2D eigenvalue weighted by atomic mass is 10.1. The second-order valence-corrected chi connectivity index (χ2v) is 7.69. The van der Waals surface area contributed by atoms with Gasteiger partial charge in [-0.15, -0.1) is 0 Å². The summed E-state index contributed by atoms with van der Waals surface area (Å²) in [5, 5.41) is -0.0216. The van der Waals surface area contributed by atoms with Gasteiger partial charge >= 0.3 is 5.97 Å². The second kappa shape index (κ2) is 7.53. The first-order valence-electron chi connectivity index (χ1n) is 7.29. The SMILES string of the molecule is CON(C)S(=O)(=O)c1cc(C(=O)Oc2ccc(C)c(C)c2)ccc1Cl. The Morgan fingerprint density at radius 1 is 1.08 bits per heavy atom. The van der Waals surface area contributed by atoms with Crippen LogP contribution in [0.15, 0.2) is 41.3 Å². The molecular weight excluding hydrogens is 366 g/mol. The van der Waals surface area contributed by atoms with Crippen LogP contribution in [0.1, 0.15) is 21.5 Å². The number of hydrogen-bond donors (Lipinski definition) is 0. The molecular formula is C17H18ClNO5S. The zero-order chi connectivity index (χ0) is 18.8. The molecule has 0 N–H and O–H groups in total. The highest BCUT2D eigenvalue weighted by atomic mass is 35.5. The third-order valence-electron chi connectivity index (χ3n) is 3.73. The fourth-order valence-electron chi connectivity index (χ4n) is 2.01. The average Bonchev–Trinajstić information content (AvgIpc) is 2.57. The molecule has 0 fully saturated rings. The van der Waals surface area contributed by atoms with Crippen molar-refractivity contribution in [3.8, 4) is 5.75 Å². The van der Waals surface area contributed by atoms with Crippen LogP contribution >= 0.6 is 11.6 Å². The molecule has 0 spiro atoms. The maximum absolute atomic E-state index is 12.4. The lowest BCUT2D eigenvalue weighted by Crippen LogP contribution is -2.26. The number of rotatable bonds is 5. The molecule has 0 saturated carbocycles. The van der Waals surface area contributed by atoms with Crippen molar-refractivity contribution in [3.63, 3.8) is 0 Å². The molecule has 0 aliphatic rings. The van der Waals surface area contributed by atoms with Gasteiger partial charge in [-0.3, -0.25) is 4.84 Å². The monoisotopic (exact) mass is 383 g/mol. The normalized spacial score (nSPS) is 11.6. The van der Waals surface area contributed by atoms with Crippen LogP contribution in [-0.4, -0.2) is 33.0 Å². The molecule has 0 aromatic heterocycles. The van der Waals surface area contributed by atoms with Gasteiger partial charge in [-0.1, -0.05) is 22.1 Å². The predicted molar refractivity (Wildman–Crippen MR) is 94.3 cm³/mol. The maximum Gasteiger partial charge on any atom is 0.343 e. The predicted octanol–water partition coefficient (Wildman–Crippen LogP) is 3.36. The van der Waals surface area contributed by atoms with Crippen LogP contribution in [0.4, 0.5) is 0 Å². The fraction of sp³-hybridized carbons (Fsp3) is 0.235. The molecule has 0 heterocycles. The summed E-state index contributed by atoms with van der Waals surface area (Å²) in [5.41, 5.74) is 2.11. The number of nitrogens with zero attached hydrogens (tertiary/aromatic N) is 1. The fourth-order valence-corrected chi connectivity index (χ4v) is 3.48. The van der Waals surface area contributed by atoms with Gasteiger partial charge < -0.3 is 4.74 Å². The molecule has 6 nitrogen and oxygen atoms in total. The topological polar surface area (TPSA) is 72.9 Å². The van der Waals surface area contributed by atoms with E-state index in [4.69, 9.17) is 21.2 Å². The van der Waals surface area contributed by atoms with Crippen LogP contribution in [0.25, 0.3) is 0 Å². The minimum Gasteiger partial charge on any atom is -0.423 e. The van der Waals surface area contributed by atoms with Gasteiger partial charge in [0.2, 0.25) is 0 Å². The Balaban J connectivity index is 2.35. The lowest BCUT2D eigenvalue weighted by molar-refractivity contribution is -0.0258. The number of ether oxygens (including phenoxy) is 1.